The van der Waals surface area contributed by atoms with Crippen LogP contribution in [-0.4, -0.2) is 32.2 Å². The van der Waals surface area contributed by atoms with Crippen molar-refractivity contribution < 1.29 is 22.7 Å². The predicted molar refractivity (Wildman–Crippen MR) is 67.7 cm³/mol. The molecular weight excluding hydrogens is 270 g/mol. The Morgan fingerprint density at radius 2 is 1.95 bits per heavy atom. The molecule has 0 amide bonds. The molecule has 0 unspecified atom stereocenters. The number of benzene rings is 1. The van der Waals surface area contributed by atoms with E-state index in [1.807, 2.05) is 0 Å². The maximum atomic E-state index is 12.1. The fourth-order valence-corrected chi connectivity index (χ4v) is 3.53. The van der Waals surface area contributed by atoms with Gasteiger partial charge in [-0.3, -0.25) is 4.79 Å². The van der Waals surface area contributed by atoms with E-state index in [0.717, 1.165) is 6.07 Å². The van der Waals surface area contributed by atoms with Gasteiger partial charge in [-0.15, -0.1) is 0 Å². The number of sulfone groups is 1. The number of ether oxygens (including phenoxy) is 1. The van der Waals surface area contributed by atoms with Gasteiger partial charge < -0.3 is 10.1 Å². The summed E-state index contributed by atoms with van der Waals surface area (Å²) in [6.45, 7) is 2.98. The van der Waals surface area contributed by atoms with E-state index in [-0.39, 0.29) is 10.5 Å². The maximum absolute atomic E-state index is 12.1. The van der Waals surface area contributed by atoms with Crippen molar-refractivity contribution in [3.8, 4) is 0 Å². The van der Waals surface area contributed by atoms with E-state index in [1.165, 1.54) is 33.1 Å². The molecule has 0 radical (unpaired) electrons. The lowest BCUT2D eigenvalue weighted by atomic mass is 10.1. The molecule has 19 heavy (non-hydrogen) atoms. The van der Waals surface area contributed by atoms with E-state index in [0.29, 0.717) is 5.69 Å². The van der Waals surface area contributed by atoms with Crippen LogP contribution in [0.15, 0.2) is 23.1 Å². The highest BCUT2D eigenvalue weighted by atomic mass is 32.2. The molecule has 0 fully saturated rings. The lowest BCUT2D eigenvalue weighted by Gasteiger charge is -2.31. The highest BCUT2D eigenvalue weighted by molar-refractivity contribution is 8.06. The zero-order chi connectivity index (χ0) is 14.4. The average Bonchev–Trinajstić information content (AvgIpc) is 2.35. The molecule has 1 aliphatic heterocycles. The zero-order valence-corrected chi connectivity index (χ0v) is 11.5. The van der Waals surface area contributed by atoms with Crippen LogP contribution in [0.1, 0.15) is 24.2 Å². The summed E-state index contributed by atoms with van der Waals surface area (Å²) in [5.74, 6) is -0.657. The van der Waals surface area contributed by atoms with Gasteiger partial charge in [-0.2, -0.15) is 0 Å². The second-order valence-corrected chi connectivity index (χ2v) is 6.56. The van der Waals surface area contributed by atoms with Crippen LogP contribution in [0.3, 0.4) is 0 Å². The molecule has 1 N–H and O–H groups in total. The lowest BCUT2D eigenvalue weighted by molar-refractivity contribution is -0.114. The molecule has 6 nitrogen and oxygen atoms in total. The minimum absolute atomic E-state index is 0.0825. The monoisotopic (exact) mass is 283 g/mol. The Bertz CT molecular complexity index is 675. The summed E-state index contributed by atoms with van der Waals surface area (Å²) in [5, 5.41) is 1.92. The van der Waals surface area contributed by atoms with Gasteiger partial charge in [0, 0.05) is 0 Å². The van der Waals surface area contributed by atoms with Gasteiger partial charge in [-0.1, -0.05) is 0 Å². The molecule has 0 aromatic heterocycles. The van der Waals surface area contributed by atoms with Crippen molar-refractivity contribution in [2.45, 2.75) is 24.3 Å². The third kappa shape index (κ3) is 1.99. The Morgan fingerprint density at radius 3 is 2.53 bits per heavy atom. The predicted octanol–water partition coefficient (Wildman–Crippen LogP) is 0.978. The van der Waals surface area contributed by atoms with Crippen molar-refractivity contribution in [3.05, 3.63) is 23.8 Å². The molecule has 0 bridgehead atoms. The third-order valence-electron chi connectivity index (χ3n) is 2.89. The summed E-state index contributed by atoms with van der Waals surface area (Å²) >= 11 is 0. The summed E-state index contributed by atoms with van der Waals surface area (Å²) in [4.78, 5) is 23.1. The number of carbonyl (C=O) groups excluding carboxylic acids is 2. The molecule has 1 aromatic carbocycles. The highest BCUT2D eigenvalue weighted by Gasteiger charge is 2.44. The minimum Gasteiger partial charge on any atom is -0.465 e. The zero-order valence-electron chi connectivity index (χ0n) is 10.7. The standard InChI is InChI=1S/C12H13NO5S/c1-12(2)11(15)19(16,17)9-6-7(10(14)18-3)4-5-8(9)13-12/h4-6,13H,1-3H3. The molecule has 1 aliphatic rings. The molecule has 0 saturated carbocycles. The molecule has 2 rings (SSSR count). The number of hydrogen-bond acceptors (Lipinski definition) is 6. The summed E-state index contributed by atoms with van der Waals surface area (Å²) in [6, 6.07) is 4.04. The molecule has 7 heteroatoms. The van der Waals surface area contributed by atoms with E-state index in [9.17, 15) is 18.0 Å². The van der Waals surface area contributed by atoms with E-state index in [4.69, 9.17) is 0 Å². The van der Waals surface area contributed by atoms with Crippen LogP contribution in [0.2, 0.25) is 0 Å². The first-order valence-electron chi connectivity index (χ1n) is 5.50. The van der Waals surface area contributed by atoms with Crippen molar-refractivity contribution in [2.24, 2.45) is 0 Å². The van der Waals surface area contributed by atoms with Gasteiger partial charge in [-0.25, -0.2) is 13.2 Å². The fourth-order valence-electron chi connectivity index (χ4n) is 1.92. The van der Waals surface area contributed by atoms with E-state index in [2.05, 4.69) is 10.1 Å². The van der Waals surface area contributed by atoms with Crippen molar-refractivity contribution in [1.29, 1.82) is 0 Å². The van der Waals surface area contributed by atoms with Gasteiger partial charge >= 0.3 is 5.97 Å². The molecule has 0 spiro atoms. The normalized spacial score (nSPS) is 19.2. The number of carbonyl (C=O) groups is 2. The smallest absolute Gasteiger partial charge is 0.337 e. The number of anilines is 1. The third-order valence-corrected chi connectivity index (χ3v) is 4.81. The highest BCUT2D eigenvalue weighted by Crippen LogP contribution is 2.34. The Kier molecular flexibility index (Phi) is 2.89. The largest absolute Gasteiger partial charge is 0.465 e. The summed E-state index contributed by atoms with van der Waals surface area (Å²) in [6.07, 6.45) is 0. The first-order valence-corrected chi connectivity index (χ1v) is 6.98. The molecule has 0 aliphatic carbocycles. The Labute approximate surface area is 110 Å². The Hall–Kier alpha value is -1.89. The van der Waals surface area contributed by atoms with Crippen LogP contribution >= 0.6 is 0 Å². The molecule has 1 aromatic rings. The molecule has 1 heterocycles. The molecule has 102 valence electrons. The molecule has 0 saturated heterocycles. The van der Waals surface area contributed by atoms with Crippen LogP contribution in [0.5, 0.6) is 0 Å². The van der Waals surface area contributed by atoms with Crippen molar-refractivity contribution in [3.63, 3.8) is 0 Å². The van der Waals surface area contributed by atoms with Gasteiger partial charge in [0.1, 0.15) is 5.54 Å². The number of esters is 1. The topological polar surface area (TPSA) is 89.5 Å². The van der Waals surface area contributed by atoms with Gasteiger partial charge in [-0.05, 0) is 32.0 Å². The van der Waals surface area contributed by atoms with Crippen LogP contribution in [0, 0.1) is 0 Å². The van der Waals surface area contributed by atoms with Crippen LogP contribution in [-0.2, 0) is 19.4 Å². The van der Waals surface area contributed by atoms with Gasteiger partial charge in [0.25, 0.3) is 5.12 Å². The van der Waals surface area contributed by atoms with Crippen molar-refractivity contribution >= 4 is 26.6 Å². The number of rotatable bonds is 1. The summed E-state index contributed by atoms with van der Waals surface area (Å²) < 4.78 is 28.8. The first kappa shape index (κ1) is 13.5. The molecular formula is C12H13NO5S. The fraction of sp³-hybridized carbons (Fsp3) is 0.333. The Balaban J connectivity index is 2.67. The molecule has 0 atom stereocenters. The quantitative estimate of drug-likeness (QED) is 0.773. The minimum atomic E-state index is -4.10. The van der Waals surface area contributed by atoms with E-state index < -0.39 is 26.5 Å². The van der Waals surface area contributed by atoms with Crippen molar-refractivity contribution in [1.82, 2.24) is 0 Å². The lowest BCUT2D eigenvalue weighted by Crippen LogP contribution is -2.48. The van der Waals surface area contributed by atoms with E-state index in [1.54, 1.807) is 0 Å². The number of nitrogens with one attached hydrogen (secondary N) is 1. The number of methoxy groups -OCH3 is 1. The SMILES string of the molecule is COC(=O)c1ccc2c(c1)S(=O)(=O)C(=O)C(C)(C)N2. The Morgan fingerprint density at radius 1 is 1.32 bits per heavy atom. The van der Waals surface area contributed by atoms with Crippen molar-refractivity contribution in [2.75, 3.05) is 12.4 Å². The number of fused-ring (bicyclic) bond motifs is 1. The van der Waals surface area contributed by atoms with E-state index >= 15 is 0 Å². The number of hydrogen-bond donors (Lipinski definition) is 1. The van der Waals surface area contributed by atoms with Gasteiger partial charge in [0.2, 0.25) is 9.84 Å². The van der Waals surface area contributed by atoms with Crippen LogP contribution < -0.4 is 5.32 Å². The summed E-state index contributed by atoms with van der Waals surface area (Å²) in [5.41, 5.74) is -0.810. The first-order chi connectivity index (χ1) is 8.70. The van der Waals surface area contributed by atoms with Crippen LogP contribution in [0.25, 0.3) is 0 Å². The van der Waals surface area contributed by atoms with Gasteiger partial charge in [0.15, 0.2) is 0 Å². The second-order valence-electron chi connectivity index (χ2n) is 4.74. The second kappa shape index (κ2) is 4.06. The van der Waals surface area contributed by atoms with Crippen LogP contribution in [0.4, 0.5) is 5.69 Å². The van der Waals surface area contributed by atoms with Gasteiger partial charge in [0.05, 0.1) is 23.3 Å². The summed E-state index contributed by atoms with van der Waals surface area (Å²) in [7, 11) is -2.90. The maximum Gasteiger partial charge on any atom is 0.337 e. The average molecular weight is 283 g/mol.